The molecule has 7 aromatic rings. The third-order valence-corrected chi connectivity index (χ3v) is 12.0. The van der Waals surface area contributed by atoms with Gasteiger partial charge < -0.3 is 29.8 Å². The van der Waals surface area contributed by atoms with Crippen molar-refractivity contribution in [3.63, 3.8) is 0 Å². The van der Waals surface area contributed by atoms with Crippen LogP contribution in [0.3, 0.4) is 0 Å². The highest BCUT2D eigenvalue weighted by molar-refractivity contribution is 7.94. The van der Waals surface area contributed by atoms with Crippen molar-refractivity contribution in [1.82, 2.24) is 19.5 Å². The highest BCUT2D eigenvalue weighted by Gasteiger charge is 2.34. The molecule has 0 radical (unpaired) electrons. The number of carbonyl (C=O) groups is 2. The molecule has 0 spiro atoms. The lowest BCUT2D eigenvalue weighted by atomic mass is 9.80. The lowest BCUT2D eigenvalue weighted by molar-refractivity contribution is -0.432. The van der Waals surface area contributed by atoms with Crippen molar-refractivity contribution in [3.05, 3.63) is 135 Å². The molecule has 1 unspecified atom stereocenters. The number of hydrogen-bond donors (Lipinski definition) is 7. The summed E-state index contributed by atoms with van der Waals surface area (Å²) in [6.07, 6.45) is 0. The fourth-order valence-electron chi connectivity index (χ4n) is 7.42. The van der Waals surface area contributed by atoms with Gasteiger partial charge in [-0.3, -0.25) is 23.5 Å². The van der Waals surface area contributed by atoms with Crippen LogP contribution in [0.5, 0.6) is 11.8 Å². The first-order valence-corrected chi connectivity index (χ1v) is 22.2. The maximum Gasteiger partial charge on any atom is 0.357 e. The number of nitrogens with one attached hydrogen (secondary N) is 3. The van der Waals surface area contributed by atoms with Gasteiger partial charge in [-0.05, 0) is 67.4 Å². The largest absolute Gasteiger partial charge is 0.479 e. The number of carbonyl (C=O) groups excluding carboxylic acids is 2. The Morgan fingerprint density at radius 2 is 1.59 bits per heavy atom. The minimum absolute atomic E-state index is 0.0244. The van der Waals surface area contributed by atoms with E-state index >= 15 is 0 Å². The topological polar surface area (TPSA) is 291 Å². The molecular weight excluding hydrogens is 919 g/mol. The molecular formula is C43H31N7O13S3. The predicted octanol–water partition coefficient (Wildman–Crippen LogP) is 6.97. The monoisotopic (exact) mass is 949 g/mol. The number of benzene rings is 5. The molecule has 0 fully saturated rings. The summed E-state index contributed by atoms with van der Waals surface area (Å²) in [6, 6.07) is 21.3. The minimum Gasteiger partial charge on any atom is -0.479 e. The molecule has 0 saturated carbocycles. The average molecular weight is 950 g/mol. The zero-order valence-electron chi connectivity index (χ0n) is 34.1. The van der Waals surface area contributed by atoms with Crippen LogP contribution in [0.2, 0.25) is 0 Å². The van der Waals surface area contributed by atoms with Gasteiger partial charge in [-0.2, -0.15) is 27.6 Å². The number of anilines is 6. The van der Waals surface area contributed by atoms with Crippen LogP contribution in [-0.2, 0) is 37.9 Å². The summed E-state index contributed by atoms with van der Waals surface area (Å²) < 4.78 is 67.8. The molecule has 1 aliphatic rings. The number of aromatic hydroxyl groups is 1. The van der Waals surface area contributed by atoms with Crippen molar-refractivity contribution in [2.45, 2.75) is 23.6 Å². The van der Waals surface area contributed by atoms with E-state index in [1.807, 2.05) is 0 Å². The molecule has 0 amide bonds. The number of ketones is 2. The number of fused-ring (bicyclic) bond motifs is 2. The molecule has 20 nitrogen and oxygen atoms in total. The smallest absolute Gasteiger partial charge is 0.357 e. The molecule has 0 saturated heterocycles. The number of nitrogens with zero attached hydrogens (tertiary/aromatic N) is 4. The molecule has 2 aromatic heterocycles. The van der Waals surface area contributed by atoms with Gasteiger partial charge in [0.15, 0.2) is 11.6 Å². The number of pyridine rings is 1. The van der Waals surface area contributed by atoms with Crippen LogP contribution in [0, 0.1) is 18.8 Å². The first kappa shape index (κ1) is 45.1. The zero-order valence-corrected chi connectivity index (χ0v) is 36.6. The number of aryl methyl sites for hydroxylation is 2. The number of para-hydroxylation sites is 1. The van der Waals surface area contributed by atoms with Crippen LogP contribution in [0.1, 0.15) is 49.9 Å². The lowest BCUT2D eigenvalue weighted by Gasteiger charge is -2.26. The summed E-state index contributed by atoms with van der Waals surface area (Å²) in [5.41, 5.74) is 1.09. The van der Waals surface area contributed by atoms with Gasteiger partial charge in [0.25, 0.3) is 15.7 Å². The van der Waals surface area contributed by atoms with Crippen molar-refractivity contribution in [3.8, 4) is 34.7 Å². The van der Waals surface area contributed by atoms with Crippen LogP contribution in [-0.4, -0.2) is 63.2 Å². The van der Waals surface area contributed by atoms with E-state index in [9.17, 15) is 41.2 Å². The van der Waals surface area contributed by atoms with Gasteiger partial charge in [0, 0.05) is 34.7 Å². The van der Waals surface area contributed by atoms with Crippen molar-refractivity contribution < 1.29 is 55.2 Å². The predicted molar refractivity (Wildman–Crippen MR) is 241 cm³/mol. The van der Waals surface area contributed by atoms with Crippen molar-refractivity contribution in [2.24, 2.45) is 7.05 Å². The van der Waals surface area contributed by atoms with E-state index in [0.717, 1.165) is 11.6 Å². The molecule has 0 bridgehead atoms. The molecule has 1 atom stereocenters. The first-order valence-electron chi connectivity index (χ1n) is 18.9. The fraction of sp³-hybridized carbons (Fsp3) is 0.0698. The zero-order chi connectivity index (χ0) is 47.0. The van der Waals surface area contributed by atoms with Crippen molar-refractivity contribution >= 4 is 90.6 Å². The van der Waals surface area contributed by atoms with E-state index in [0.29, 0.717) is 23.3 Å². The third kappa shape index (κ3) is 8.68. The van der Waals surface area contributed by atoms with Crippen LogP contribution < -0.4 is 25.7 Å². The van der Waals surface area contributed by atoms with Gasteiger partial charge in [0.05, 0.1) is 56.3 Å². The molecule has 23 heteroatoms. The lowest BCUT2D eigenvalue weighted by Crippen LogP contribution is -2.29. The average Bonchev–Trinajstić information content (AvgIpc) is 3.27. The van der Waals surface area contributed by atoms with E-state index in [1.54, 1.807) is 50.2 Å². The Balaban J connectivity index is 1.30. The van der Waals surface area contributed by atoms with Gasteiger partial charge in [-0.1, -0.05) is 59.5 Å². The fourth-order valence-corrected chi connectivity index (χ4v) is 8.89. The highest BCUT2D eigenvalue weighted by atomic mass is 32.2. The number of rotatable bonds is 14. The quantitative estimate of drug-likeness (QED) is 0.0110. The van der Waals surface area contributed by atoms with Gasteiger partial charge >= 0.3 is 17.4 Å². The second kappa shape index (κ2) is 18.2. The molecule has 2 heterocycles. The normalized spacial score (nSPS) is 12.2. The van der Waals surface area contributed by atoms with Crippen LogP contribution in [0.4, 0.5) is 34.6 Å². The molecule has 0 aliphatic heterocycles. The molecule has 66 heavy (non-hydrogen) atoms. The second-order valence-electron chi connectivity index (χ2n) is 14.1. The molecule has 1 aliphatic carbocycles. The third-order valence-electron chi connectivity index (χ3n) is 10.1. The molecule has 7 N–H and O–H groups in total. The Bertz CT molecular complexity index is 3460. The minimum atomic E-state index is -5.09. The molecule has 334 valence electrons. The van der Waals surface area contributed by atoms with Gasteiger partial charge in [0.1, 0.15) is 10.6 Å². The summed E-state index contributed by atoms with van der Waals surface area (Å²) in [5.74, 6) is 3.75. The van der Waals surface area contributed by atoms with Crippen molar-refractivity contribution in [1.29, 1.82) is 0 Å². The SMILES string of the molecule is CC#Cc1cccc(C)c1Nc1nc(O)nc(Nc2cc(Nc3ccc4c5c3C(=O)c3ccccc3-c5c(C(=O)c3cccc(OS(=O)O)c3)c(=O)n4C)c(SOOO)cc2S(=O)(=O)O)n1. The number of aromatic nitrogens is 4. The summed E-state index contributed by atoms with van der Waals surface area (Å²) in [5, 5.41) is 32.4. The number of hydrogen-bond acceptors (Lipinski definition) is 18. The summed E-state index contributed by atoms with van der Waals surface area (Å²) in [7, 11) is -3.67. The Labute approximate surface area is 380 Å². The standard InChI is InChI=1S/C43H31N7O13S3/c1-4-9-22-11-7-10-21(2)37(22)46-42-47-41(48-43(54)49-42)45-29-19-28(31(64-63-62-55)20-32(29)66(58,59)60)44-27-16-17-30-35-33(25-14-5-6-15-26(25)39(52)34(27)35)36(40(53)50(30)3)38(51)23-12-8-13-24(18-23)61-65(56)57/h5-8,10-20,44,55H,1-3H3,(H,56,57)(H,58,59,60)(H3,45,46,47,48,49,54). The van der Waals surface area contributed by atoms with Crippen molar-refractivity contribution in [2.75, 3.05) is 16.0 Å². The summed E-state index contributed by atoms with van der Waals surface area (Å²) in [4.78, 5) is 54.6. The van der Waals surface area contributed by atoms with E-state index < -0.39 is 55.5 Å². The summed E-state index contributed by atoms with van der Waals surface area (Å²) >= 11 is -2.42. The maximum absolute atomic E-state index is 14.7. The summed E-state index contributed by atoms with van der Waals surface area (Å²) in [6.45, 7) is 3.46. The van der Waals surface area contributed by atoms with E-state index in [4.69, 9.17) is 9.44 Å². The van der Waals surface area contributed by atoms with E-state index in [2.05, 4.69) is 52.1 Å². The van der Waals surface area contributed by atoms with Gasteiger partial charge in [-0.15, -0.1) is 10.3 Å². The maximum atomic E-state index is 14.7. The Hall–Kier alpha value is -7.53. The van der Waals surface area contributed by atoms with Crippen LogP contribution in [0.15, 0.2) is 106 Å². The van der Waals surface area contributed by atoms with Crippen LogP contribution >= 0.6 is 12.0 Å². The molecule has 8 rings (SSSR count). The second-order valence-corrected chi connectivity index (χ2v) is 16.8. The molecule has 5 aromatic carbocycles. The van der Waals surface area contributed by atoms with E-state index in [-0.39, 0.29) is 77.9 Å². The van der Waals surface area contributed by atoms with Crippen LogP contribution in [0.25, 0.3) is 22.0 Å². The first-order chi connectivity index (χ1) is 31.6. The van der Waals surface area contributed by atoms with Gasteiger partial charge in [-0.25, -0.2) is 5.26 Å². The van der Waals surface area contributed by atoms with Gasteiger partial charge in [0.2, 0.25) is 11.9 Å². The highest BCUT2D eigenvalue weighted by Crippen LogP contribution is 2.46. The Morgan fingerprint density at radius 3 is 2.30 bits per heavy atom. The Morgan fingerprint density at radius 1 is 0.864 bits per heavy atom. The Kier molecular flexibility index (Phi) is 12.4. The van der Waals surface area contributed by atoms with E-state index in [1.165, 1.54) is 60.1 Å².